The lowest BCUT2D eigenvalue weighted by atomic mass is 10.0. The van der Waals surface area contributed by atoms with Crippen molar-refractivity contribution in [2.24, 2.45) is 0 Å². The second-order valence-electron chi connectivity index (χ2n) is 23.5. The molecule has 0 fully saturated rings. The molecule has 1 amide bonds. The summed E-state index contributed by atoms with van der Waals surface area (Å²) in [7, 11) is 0. The van der Waals surface area contributed by atoms with E-state index in [0.29, 0.717) is 25.9 Å². The minimum Gasteiger partial charge on any atom is -0.466 e. The minimum absolute atomic E-state index is 0.0175. The lowest BCUT2D eigenvalue weighted by molar-refractivity contribution is -0.143. The van der Waals surface area contributed by atoms with Crippen LogP contribution in [0.5, 0.6) is 0 Å². The van der Waals surface area contributed by atoms with E-state index in [1.165, 1.54) is 302 Å². The van der Waals surface area contributed by atoms with Crippen molar-refractivity contribution in [3.63, 3.8) is 0 Å². The smallest absolute Gasteiger partial charge is 0.305 e. The number of esters is 1. The van der Waals surface area contributed by atoms with Crippen molar-refractivity contribution < 1.29 is 24.5 Å². The van der Waals surface area contributed by atoms with Crippen LogP contribution in [0.15, 0.2) is 24.3 Å². The van der Waals surface area contributed by atoms with E-state index in [4.69, 9.17) is 4.74 Å². The first-order valence-electron chi connectivity index (χ1n) is 34.1. The molecule has 0 spiro atoms. The number of aliphatic hydroxyl groups is 2. The van der Waals surface area contributed by atoms with E-state index in [2.05, 4.69) is 43.5 Å². The number of aliphatic hydroxyl groups excluding tert-OH is 2. The predicted octanol–water partition coefficient (Wildman–Crippen LogP) is 21.8. The lowest BCUT2D eigenvalue weighted by Gasteiger charge is -2.22. The maximum Gasteiger partial charge on any atom is 0.305 e. The topological polar surface area (TPSA) is 95.9 Å². The second kappa shape index (κ2) is 64.9. The molecular weight excluding hydrogens is 923 g/mol. The van der Waals surface area contributed by atoms with E-state index in [1.807, 2.05) is 0 Å². The highest BCUT2D eigenvalue weighted by atomic mass is 16.5. The van der Waals surface area contributed by atoms with E-state index >= 15 is 0 Å². The van der Waals surface area contributed by atoms with E-state index in [9.17, 15) is 19.8 Å². The Morgan fingerprint density at radius 3 is 1.01 bits per heavy atom. The Labute approximate surface area is 469 Å². The summed E-state index contributed by atoms with van der Waals surface area (Å²) in [6.45, 7) is 4.96. The van der Waals surface area contributed by atoms with Crippen LogP contribution in [0, 0.1) is 0 Å². The Balaban J connectivity index is 3.34. The second-order valence-corrected chi connectivity index (χ2v) is 23.5. The van der Waals surface area contributed by atoms with Gasteiger partial charge in [0.15, 0.2) is 0 Å². The molecule has 0 heterocycles. The standard InChI is InChI=1S/C69H133NO5/c1-3-5-7-9-11-13-15-16-36-40-43-47-51-55-59-63-69(74)75-64-60-56-52-48-44-41-38-35-33-31-29-27-25-23-21-19-17-18-20-22-24-26-28-30-32-34-37-39-42-46-50-54-58-62-68(73)70-66(65-71)67(72)61-57-53-49-45-14-12-10-8-6-4-2/h21,23,27,29,66-67,71-72H,3-20,22,24-26,28,30-65H2,1-2H3,(H,70,73)/b23-21-,29-27-. The van der Waals surface area contributed by atoms with Gasteiger partial charge in [-0.3, -0.25) is 9.59 Å². The summed E-state index contributed by atoms with van der Waals surface area (Å²) in [4.78, 5) is 24.5. The summed E-state index contributed by atoms with van der Waals surface area (Å²) >= 11 is 0. The van der Waals surface area contributed by atoms with Gasteiger partial charge >= 0.3 is 5.97 Å². The van der Waals surface area contributed by atoms with Gasteiger partial charge in [0, 0.05) is 12.8 Å². The molecule has 0 aromatic heterocycles. The number of hydrogen-bond donors (Lipinski definition) is 3. The van der Waals surface area contributed by atoms with Crippen molar-refractivity contribution in [1.29, 1.82) is 0 Å². The molecule has 0 saturated carbocycles. The first kappa shape index (κ1) is 73.3. The highest BCUT2D eigenvalue weighted by molar-refractivity contribution is 5.76. The molecule has 0 aliphatic carbocycles. The molecule has 2 unspecified atom stereocenters. The molecule has 0 saturated heterocycles. The third-order valence-electron chi connectivity index (χ3n) is 16.0. The van der Waals surface area contributed by atoms with Crippen molar-refractivity contribution in [1.82, 2.24) is 5.32 Å². The predicted molar refractivity (Wildman–Crippen MR) is 329 cm³/mol. The highest BCUT2D eigenvalue weighted by Crippen LogP contribution is 2.18. The fourth-order valence-electron chi connectivity index (χ4n) is 10.8. The normalized spacial score (nSPS) is 12.6. The fourth-order valence-corrected chi connectivity index (χ4v) is 10.8. The molecule has 3 N–H and O–H groups in total. The zero-order valence-electron chi connectivity index (χ0n) is 50.8. The molecule has 2 atom stereocenters. The molecule has 444 valence electrons. The summed E-state index contributed by atoms with van der Waals surface area (Å²) in [6, 6.07) is -0.538. The number of hydrogen-bond acceptors (Lipinski definition) is 5. The molecule has 0 aromatic rings. The van der Waals surface area contributed by atoms with Gasteiger partial charge in [0.2, 0.25) is 5.91 Å². The van der Waals surface area contributed by atoms with Crippen molar-refractivity contribution in [2.75, 3.05) is 13.2 Å². The SMILES string of the molecule is CCCCCCCCCCCCCCCCCC(=O)OCCCCCCCCCCC/C=C\C/C=C\CCCCCCCCCCCCCCCCCCCC(=O)NC(CO)C(O)CCCCCCCCCCCC. The molecule has 6 heteroatoms. The maximum atomic E-state index is 12.4. The molecule has 0 bridgehead atoms. The van der Waals surface area contributed by atoms with Gasteiger partial charge in [-0.1, -0.05) is 334 Å². The number of ether oxygens (including phenoxy) is 1. The van der Waals surface area contributed by atoms with Crippen molar-refractivity contribution >= 4 is 11.9 Å². The summed E-state index contributed by atoms with van der Waals surface area (Å²) in [5.74, 6) is -0.0156. The van der Waals surface area contributed by atoms with Crippen LogP contribution < -0.4 is 5.32 Å². The Bertz CT molecular complexity index is 1170. The average Bonchev–Trinajstić information content (AvgIpc) is 3.41. The van der Waals surface area contributed by atoms with Crippen molar-refractivity contribution in [2.45, 2.75) is 392 Å². The van der Waals surface area contributed by atoms with Gasteiger partial charge in [-0.15, -0.1) is 0 Å². The molecular formula is C69H133NO5. The van der Waals surface area contributed by atoms with Gasteiger partial charge in [-0.2, -0.15) is 0 Å². The van der Waals surface area contributed by atoms with Crippen LogP contribution in [0.2, 0.25) is 0 Å². The number of nitrogens with one attached hydrogen (secondary N) is 1. The van der Waals surface area contributed by atoms with Crippen LogP contribution in [0.25, 0.3) is 0 Å². The van der Waals surface area contributed by atoms with Crippen LogP contribution >= 0.6 is 0 Å². The zero-order valence-corrected chi connectivity index (χ0v) is 50.8. The summed E-state index contributed by atoms with van der Waals surface area (Å²) in [5.41, 5.74) is 0. The number of carbonyl (C=O) groups is 2. The van der Waals surface area contributed by atoms with E-state index in [-0.39, 0.29) is 18.5 Å². The van der Waals surface area contributed by atoms with Gasteiger partial charge < -0.3 is 20.3 Å². The summed E-state index contributed by atoms with van der Waals surface area (Å²) < 4.78 is 5.49. The quantitative estimate of drug-likeness (QED) is 0.0320. The van der Waals surface area contributed by atoms with Gasteiger partial charge in [-0.05, 0) is 57.8 Å². The van der Waals surface area contributed by atoms with Crippen LogP contribution in [-0.2, 0) is 14.3 Å². The van der Waals surface area contributed by atoms with Crippen LogP contribution in [-0.4, -0.2) is 47.4 Å². The lowest BCUT2D eigenvalue weighted by Crippen LogP contribution is -2.45. The molecule has 6 nitrogen and oxygen atoms in total. The van der Waals surface area contributed by atoms with Crippen LogP contribution in [0.1, 0.15) is 380 Å². The number of allylic oxidation sites excluding steroid dienone is 4. The van der Waals surface area contributed by atoms with Crippen molar-refractivity contribution in [3.8, 4) is 0 Å². The van der Waals surface area contributed by atoms with Gasteiger partial charge in [0.1, 0.15) is 0 Å². The largest absolute Gasteiger partial charge is 0.466 e. The first-order valence-corrected chi connectivity index (χ1v) is 34.1. The Morgan fingerprint density at radius 1 is 0.373 bits per heavy atom. The monoisotopic (exact) mass is 1060 g/mol. The summed E-state index contributed by atoms with van der Waals surface area (Å²) in [6.07, 6.45) is 80.9. The average molecular weight is 1060 g/mol. The third-order valence-corrected chi connectivity index (χ3v) is 16.0. The fraction of sp³-hybridized carbons (Fsp3) is 0.913. The first-order chi connectivity index (χ1) is 37.0. The molecule has 0 aliphatic heterocycles. The highest BCUT2D eigenvalue weighted by Gasteiger charge is 2.20. The molecule has 0 aromatic carbocycles. The third kappa shape index (κ3) is 61.4. The Hall–Kier alpha value is -1.66. The molecule has 0 radical (unpaired) electrons. The van der Waals surface area contributed by atoms with Gasteiger partial charge in [-0.25, -0.2) is 0 Å². The van der Waals surface area contributed by atoms with Crippen molar-refractivity contribution in [3.05, 3.63) is 24.3 Å². The van der Waals surface area contributed by atoms with Crippen LogP contribution in [0.3, 0.4) is 0 Å². The van der Waals surface area contributed by atoms with Gasteiger partial charge in [0.25, 0.3) is 0 Å². The molecule has 0 aliphatic rings. The summed E-state index contributed by atoms with van der Waals surface area (Å²) in [5, 5.41) is 23.2. The number of rotatable bonds is 64. The zero-order chi connectivity index (χ0) is 54.3. The minimum atomic E-state index is -0.660. The Morgan fingerprint density at radius 2 is 0.667 bits per heavy atom. The van der Waals surface area contributed by atoms with E-state index in [1.54, 1.807) is 0 Å². The number of amides is 1. The molecule has 0 rings (SSSR count). The van der Waals surface area contributed by atoms with E-state index in [0.717, 1.165) is 44.9 Å². The number of unbranched alkanes of at least 4 members (excludes halogenated alkanes) is 49. The Kier molecular flexibility index (Phi) is 63.4. The number of carbonyl (C=O) groups excluding carboxylic acids is 2. The van der Waals surface area contributed by atoms with Crippen LogP contribution in [0.4, 0.5) is 0 Å². The van der Waals surface area contributed by atoms with Gasteiger partial charge in [0.05, 0.1) is 25.4 Å². The molecule has 75 heavy (non-hydrogen) atoms. The maximum absolute atomic E-state index is 12.4. The van der Waals surface area contributed by atoms with E-state index < -0.39 is 12.1 Å².